The number of hydrogen-bond acceptors (Lipinski definition) is 26. The number of phenolic OH excluding ortho intramolecular Hbond substituents is 1. The second-order valence-corrected chi connectivity index (χ2v) is 16.7. The van der Waals surface area contributed by atoms with Crippen LogP contribution in [0.4, 0.5) is 28.4 Å². The maximum Gasteiger partial charge on any atom is 0.338 e. The van der Waals surface area contributed by atoms with E-state index in [2.05, 4.69) is 48.6 Å². The third kappa shape index (κ3) is 11.9. The second kappa shape index (κ2) is 21.6. The maximum atomic E-state index is 13.0. The van der Waals surface area contributed by atoms with E-state index >= 15 is 0 Å². The molecule has 4 aromatic carbocycles. The normalized spacial score (nSPS) is 12.3. The number of aryl methyl sites for hydroxylation is 1. The molecule has 0 radical (unpaired) electrons. The largest absolute Gasteiger partial charge is 0.505 e. The molecular formula is C29H29N5O19S5. The Hall–Kier alpha value is -4.28. The zero-order valence-corrected chi connectivity index (χ0v) is 33.4. The molecule has 0 unspecified atom stereocenters. The van der Waals surface area contributed by atoms with Crippen LogP contribution in [0, 0.1) is 6.92 Å². The highest BCUT2D eigenvalue weighted by atomic mass is 32.2. The van der Waals surface area contributed by atoms with Gasteiger partial charge in [-0.2, -0.15) is 0 Å². The van der Waals surface area contributed by atoms with E-state index in [0.717, 1.165) is 18.2 Å². The molecule has 0 fully saturated rings. The summed E-state index contributed by atoms with van der Waals surface area (Å²) in [6.07, 6.45) is 0. The molecule has 0 spiro atoms. The van der Waals surface area contributed by atoms with Crippen molar-refractivity contribution < 1.29 is 88.8 Å². The predicted molar refractivity (Wildman–Crippen MR) is 201 cm³/mol. The Morgan fingerprint density at radius 3 is 2.00 bits per heavy atom. The fraction of sp³-hybridized carbons (Fsp3) is 0.207. The van der Waals surface area contributed by atoms with Crippen molar-refractivity contribution in [1.82, 2.24) is 0 Å². The second-order valence-electron chi connectivity index (χ2n) is 10.8. The van der Waals surface area contributed by atoms with Crippen molar-refractivity contribution in [3.05, 3.63) is 59.7 Å². The number of nitrogen functional groups attached to an aromatic ring is 1. The van der Waals surface area contributed by atoms with Crippen LogP contribution in [0.1, 0.15) is 15.9 Å². The third-order valence-electron chi connectivity index (χ3n) is 7.36. The number of carboxylic acids is 1. The van der Waals surface area contributed by atoms with Gasteiger partial charge in [-0.15, -0.1) is 33.5 Å². The molecule has 0 heterocycles. The van der Waals surface area contributed by atoms with Crippen LogP contribution in [0.15, 0.2) is 83.7 Å². The molecule has 0 saturated heterocycles. The van der Waals surface area contributed by atoms with Crippen molar-refractivity contribution in [2.75, 3.05) is 37.6 Å². The molecule has 29 heteroatoms. The Kier molecular flexibility index (Phi) is 17.3. The van der Waals surface area contributed by atoms with Gasteiger partial charge in [0.2, 0.25) is 0 Å². The van der Waals surface area contributed by atoms with Crippen LogP contribution in [0.2, 0.25) is 0 Å². The van der Waals surface area contributed by atoms with E-state index in [0.29, 0.717) is 12.0 Å². The van der Waals surface area contributed by atoms with Gasteiger partial charge in [0.1, 0.15) is 28.5 Å². The Bertz CT molecular complexity index is 2390. The first-order valence-corrected chi connectivity index (χ1v) is 20.7. The van der Waals surface area contributed by atoms with Gasteiger partial charge in [0.25, 0.3) is 0 Å². The van der Waals surface area contributed by atoms with Gasteiger partial charge < -0.3 is 20.7 Å². The standard InChI is InChI=1S/C29H29N5O19S5/c1-15-11-22(23(45-2)14-25(15)58(43,44)10-8-47-56-53-50-40)32-34-27-24(54-51-48-38)13-18-17(28(27)35)4-5-20(30)26(18)33-31-21-6-3-16(12-19(21)29(36)37)57(41,42)9-7-46-55-52-49-39/h3-6,11-14,35,38-40H,7-10,30H2,1-2H3,(H,36,37)/b33-31+,34-32+. The number of nitrogens with zero attached hydrogens (tertiary/aromatic N) is 4. The fourth-order valence-corrected chi connectivity index (χ4v) is 8.40. The molecular weight excluding hydrogens is 883 g/mol. The van der Waals surface area contributed by atoms with E-state index in [4.69, 9.17) is 34.6 Å². The van der Waals surface area contributed by atoms with Gasteiger partial charge >= 0.3 is 5.97 Å². The van der Waals surface area contributed by atoms with Gasteiger partial charge in [-0.05, 0) is 55.0 Å². The highest BCUT2D eigenvalue weighted by Crippen LogP contribution is 2.48. The summed E-state index contributed by atoms with van der Waals surface area (Å²) in [6, 6.07) is 9.74. The van der Waals surface area contributed by atoms with Crippen molar-refractivity contribution in [3.63, 3.8) is 0 Å². The number of aromatic hydroxyl groups is 1. The van der Waals surface area contributed by atoms with Gasteiger partial charge in [-0.1, -0.05) is 15.1 Å². The number of azo groups is 2. The lowest BCUT2D eigenvalue weighted by molar-refractivity contribution is -0.434. The topological polar surface area (TPSA) is 345 Å². The summed E-state index contributed by atoms with van der Waals surface area (Å²) in [5, 5.41) is 73.5. The summed E-state index contributed by atoms with van der Waals surface area (Å²) >= 11 is 0.751. The lowest BCUT2D eigenvalue weighted by Crippen LogP contribution is -2.12. The summed E-state index contributed by atoms with van der Waals surface area (Å²) in [5.41, 5.74) is 5.32. The molecule has 0 saturated carbocycles. The van der Waals surface area contributed by atoms with Crippen LogP contribution >= 0.6 is 36.7 Å². The predicted octanol–water partition coefficient (Wildman–Crippen LogP) is 6.95. The number of hydrogen-bond donors (Lipinski definition) is 6. The number of benzene rings is 4. The minimum Gasteiger partial charge on any atom is -0.505 e. The molecule has 0 amide bonds. The minimum absolute atomic E-state index is 0.00194. The first-order chi connectivity index (χ1) is 27.7. The van der Waals surface area contributed by atoms with Gasteiger partial charge in [-0.25, -0.2) is 37.4 Å². The number of aromatic carboxylic acids is 1. The number of fused-ring (bicyclic) bond motifs is 1. The monoisotopic (exact) mass is 911 g/mol. The van der Waals surface area contributed by atoms with E-state index in [1.807, 2.05) is 0 Å². The summed E-state index contributed by atoms with van der Waals surface area (Å²) < 4.78 is 79.2. The van der Waals surface area contributed by atoms with Crippen LogP contribution in [0.5, 0.6) is 11.5 Å². The average Bonchev–Trinajstić information content (AvgIpc) is 3.19. The van der Waals surface area contributed by atoms with Crippen LogP contribution < -0.4 is 10.5 Å². The molecule has 4 aromatic rings. The molecule has 4 rings (SSSR count). The van der Waals surface area contributed by atoms with Crippen LogP contribution in [-0.4, -0.2) is 80.6 Å². The smallest absolute Gasteiger partial charge is 0.338 e. The minimum atomic E-state index is -4.07. The van der Waals surface area contributed by atoms with Gasteiger partial charge in [0.05, 0.1) is 69.8 Å². The lowest BCUT2D eigenvalue weighted by Gasteiger charge is -2.13. The number of phenols is 1. The number of anilines is 1. The first-order valence-electron chi connectivity index (χ1n) is 15.3. The highest BCUT2D eigenvalue weighted by Gasteiger charge is 2.23. The quantitative estimate of drug-likeness (QED) is 0.0109. The van der Waals surface area contributed by atoms with Crippen molar-refractivity contribution in [2.24, 2.45) is 20.5 Å². The number of ether oxygens (including phenoxy) is 1. The van der Waals surface area contributed by atoms with E-state index < -0.39 is 55.1 Å². The number of carbonyl (C=O) groups is 1. The van der Waals surface area contributed by atoms with E-state index in [-0.39, 0.29) is 96.5 Å². The molecule has 0 atom stereocenters. The Morgan fingerprint density at radius 2 is 1.38 bits per heavy atom. The number of carboxylic acid groups (broad SMARTS) is 1. The van der Waals surface area contributed by atoms with E-state index in [9.17, 15) is 31.8 Å². The zero-order chi connectivity index (χ0) is 42.5. The molecule has 58 heavy (non-hydrogen) atoms. The molecule has 314 valence electrons. The van der Waals surface area contributed by atoms with Crippen molar-refractivity contribution in [3.8, 4) is 11.5 Å². The molecule has 0 aliphatic heterocycles. The van der Waals surface area contributed by atoms with Gasteiger partial charge in [0, 0.05) is 16.8 Å². The number of rotatable bonds is 23. The van der Waals surface area contributed by atoms with E-state index in [1.165, 1.54) is 44.4 Å². The molecule has 7 N–H and O–H groups in total. The fourth-order valence-electron chi connectivity index (χ4n) is 4.80. The summed E-state index contributed by atoms with van der Waals surface area (Å²) in [7, 11) is -6.75. The lowest BCUT2D eigenvalue weighted by atomic mass is 10.1. The Balaban J connectivity index is 1.72. The molecule has 0 aliphatic carbocycles. The number of nitrogens with two attached hydrogens (primary N) is 1. The average molecular weight is 912 g/mol. The summed E-state index contributed by atoms with van der Waals surface area (Å²) in [4.78, 5) is 11.6. The maximum absolute atomic E-state index is 13.0. The third-order valence-corrected chi connectivity index (χ3v) is 12.2. The van der Waals surface area contributed by atoms with Crippen LogP contribution in [0.3, 0.4) is 0 Å². The molecule has 24 nitrogen and oxygen atoms in total. The molecule has 0 bridgehead atoms. The summed E-state index contributed by atoms with van der Waals surface area (Å²) in [5.74, 6) is -3.18. The van der Waals surface area contributed by atoms with E-state index in [1.54, 1.807) is 0 Å². The Labute approximate surface area is 339 Å². The Morgan fingerprint density at radius 1 is 0.759 bits per heavy atom. The highest BCUT2D eigenvalue weighted by molar-refractivity contribution is 7.94. The van der Waals surface area contributed by atoms with Crippen molar-refractivity contribution in [1.29, 1.82) is 0 Å². The zero-order valence-electron chi connectivity index (χ0n) is 29.3. The SMILES string of the molecule is COc1cc(S(=O)(=O)CCOSOOO)c(C)cc1/N=N/c1c(SOOO)cc2c(/N=N/c3ccc(S(=O)(=O)CCOSOOO)cc3C(=O)O)c(N)ccc2c1O. The molecule has 0 aliphatic rings. The molecule has 0 aromatic heterocycles. The number of sulfone groups is 2. The van der Waals surface area contributed by atoms with Crippen molar-refractivity contribution in [2.45, 2.75) is 21.6 Å². The van der Waals surface area contributed by atoms with Crippen LogP contribution in [0.25, 0.3) is 10.8 Å². The first kappa shape index (κ1) is 46.4. The van der Waals surface area contributed by atoms with Crippen LogP contribution in [-0.2, 0) is 56.2 Å². The van der Waals surface area contributed by atoms with Crippen molar-refractivity contribution >= 4 is 102 Å². The number of methoxy groups -OCH3 is 1. The van der Waals surface area contributed by atoms with Gasteiger partial charge in [-0.3, -0.25) is 8.37 Å². The summed E-state index contributed by atoms with van der Waals surface area (Å²) in [6.45, 7) is 0.738. The van der Waals surface area contributed by atoms with Gasteiger partial charge in [0.15, 0.2) is 50.1 Å².